The fourth-order valence-corrected chi connectivity index (χ4v) is 5.38. The zero-order chi connectivity index (χ0) is 23.5. The maximum absolute atomic E-state index is 11.7. The van der Waals surface area contributed by atoms with Crippen LogP contribution >= 0.6 is 0 Å². The third-order valence-electron chi connectivity index (χ3n) is 7.23. The molecule has 4 heteroatoms. The van der Waals surface area contributed by atoms with Crippen LogP contribution in [0.4, 0.5) is 5.69 Å². The normalized spacial score (nSPS) is 17.1. The maximum atomic E-state index is 11.7. The van der Waals surface area contributed by atoms with Gasteiger partial charge in [0.25, 0.3) is 0 Å². The molecule has 3 aromatic carbocycles. The Kier molecular flexibility index (Phi) is 6.57. The summed E-state index contributed by atoms with van der Waals surface area (Å²) in [7, 11) is 0. The van der Waals surface area contributed by atoms with Gasteiger partial charge in [0.2, 0.25) is 0 Å². The highest BCUT2D eigenvalue weighted by molar-refractivity contribution is 5.80. The van der Waals surface area contributed by atoms with Gasteiger partial charge in [0, 0.05) is 24.1 Å². The molecule has 2 N–H and O–H groups in total. The van der Waals surface area contributed by atoms with E-state index in [0.717, 1.165) is 84.6 Å². The van der Waals surface area contributed by atoms with Gasteiger partial charge >= 0.3 is 0 Å². The van der Waals surface area contributed by atoms with Crippen molar-refractivity contribution in [2.45, 2.75) is 64.9 Å². The fraction of sp³-hybridized carbons (Fsp3) is 0.367. The van der Waals surface area contributed by atoms with E-state index in [1.165, 1.54) is 11.1 Å². The molecule has 0 spiro atoms. The van der Waals surface area contributed by atoms with E-state index in [1.807, 2.05) is 36.4 Å². The number of ketones is 1. The molecule has 0 aromatic heterocycles. The predicted molar refractivity (Wildman–Crippen MR) is 136 cm³/mol. The lowest BCUT2D eigenvalue weighted by atomic mass is 9.97. The number of nitrogens with two attached hydrogens (primary N) is 1. The van der Waals surface area contributed by atoms with E-state index in [4.69, 9.17) is 15.2 Å². The van der Waals surface area contributed by atoms with Crippen LogP contribution in [0, 0.1) is 12.8 Å². The summed E-state index contributed by atoms with van der Waals surface area (Å²) in [6, 6.07) is 18.4. The number of rotatable bonds is 8. The van der Waals surface area contributed by atoms with Crippen LogP contribution in [0.1, 0.15) is 59.9 Å². The molecule has 0 saturated heterocycles. The number of ether oxygens (including phenoxy) is 2. The molecular weight excluding hydrogens is 422 g/mol. The minimum absolute atomic E-state index is 0.398. The van der Waals surface area contributed by atoms with E-state index in [0.29, 0.717) is 24.7 Å². The summed E-state index contributed by atoms with van der Waals surface area (Å²) in [5, 5.41) is 0. The van der Waals surface area contributed by atoms with Crippen LogP contribution in [0.5, 0.6) is 17.2 Å². The molecule has 34 heavy (non-hydrogen) atoms. The summed E-state index contributed by atoms with van der Waals surface area (Å²) in [5.74, 6) is 3.54. The second-order valence-corrected chi connectivity index (χ2v) is 9.75. The molecule has 1 fully saturated rings. The van der Waals surface area contributed by atoms with Gasteiger partial charge in [0.05, 0.1) is 0 Å². The number of fused-ring (bicyclic) bond motifs is 1. The Morgan fingerprint density at radius 3 is 2.62 bits per heavy atom. The van der Waals surface area contributed by atoms with Gasteiger partial charge in [-0.3, -0.25) is 4.79 Å². The Balaban J connectivity index is 1.39. The topological polar surface area (TPSA) is 61.6 Å². The lowest BCUT2D eigenvalue weighted by molar-refractivity contribution is -0.117. The number of anilines is 1. The molecule has 1 unspecified atom stereocenters. The zero-order valence-electron chi connectivity index (χ0n) is 19.9. The number of hydrogen-bond acceptors (Lipinski definition) is 4. The Labute approximate surface area is 202 Å². The highest BCUT2D eigenvalue weighted by Gasteiger charge is 2.23. The quantitative estimate of drug-likeness (QED) is 0.382. The first kappa shape index (κ1) is 22.5. The summed E-state index contributed by atoms with van der Waals surface area (Å²) in [6.07, 6.45) is 7.47. The Morgan fingerprint density at radius 1 is 1.00 bits per heavy atom. The number of carbonyl (C=O) groups excluding carboxylic acids is 1. The van der Waals surface area contributed by atoms with Crippen LogP contribution in [0.25, 0.3) is 0 Å². The molecule has 5 rings (SSSR count). The van der Waals surface area contributed by atoms with Crippen molar-refractivity contribution in [2.75, 3.05) is 5.73 Å². The summed E-state index contributed by atoms with van der Waals surface area (Å²) >= 11 is 0. The Hall–Kier alpha value is -3.27. The molecule has 2 aliphatic carbocycles. The van der Waals surface area contributed by atoms with E-state index in [2.05, 4.69) is 25.1 Å². The van der Waals surface area contributed by atoms with Crippen molar-refractivity contribution in [3.05, 3.63) is 82.4 Å². The van der Waals surface area contributed by atoms with Gasteiger partial charge in [0.1, 0.15) is 29.6 Å². The van der Waals surface area contributed by atoms with E-state index >= 15 is 0 Å². The van der Waals surface area contributed by atoms with Crippen molar-refractivity contribution in [1.82, 2.24) is 0 Å². The molecule has 0 aliphatic heterocycles. The van der Waals surface area contributed by atoms with Gasteiger partial charge in [-0.25, -0.2) is 0 Å². The second-order valence-electron chi connectivity index (χ2n) is 9.75. The van der Waals surface area contributed by atoms with Gasteiger partial charge in [-0.2, -0.15) is 0 Å². The molecule has 4 nitrogen and oxygen atoms in total. The highest BCUT2D eigenvalue weighted by atomic mass is 16.5. The van der Waals surface area contributed by atoms with Gasteiger partial charge < -0.3 is 15.2 Å². The first-order chi connectivity index (χ1) is 16.6. The summed E-state index contributed by atoms with van der Waals surface area (Å²) < 4.78 is 12.7. The van der Waals surface area contributed by atoms with Crippen LogP contribution < -0.4 is 15.2 Å². The van der Waals surface area contributed by atoms with E-state index < -0.39 is 0 Å². The number of carbonyl (C=O) groups is 1. The van der Waals surface area contributed by atoms with Crippen molar-refractivity contribution < 1.29 is 14.3 Å². The predicted octanol–water partition coefficient (Wildman–Crippen LogP) is 6.74. The molecule has 1 saturated carbocycles. The molecule has 2 aliphatic rings. The minimum Gasteiger partial charge on any atom is -0.489 e. The van der Waals surface area contributed by atoms with E-state index in [9.17, 15) is 4.79 Å². The number of nitrogen functional groups attached to an aromatic ring is 1. The number of benzene rings is 3. The third-order valence-corrected chi connectivity index (χ3v) is 7.23. The SMILES string of the molecule is Cc1cc(N)c2c(c1Oc1ccc(OCc3ccccc3)c(CCC3CCC(=O)C3)c1)CCC2. The Morgan fingerprint density at radius 2 is 1.82 bits per heavy atom. The van der Waals surface area contributed by atoms with Crippen LogP contribution in [0.15, 0.2) is 54.6 Å². The third kappa shape index (κ3) is 4.96. The van der Waals surface area contributed by atoms with Crippen LogP contribution in [0.2, 0.25) is 0 Å². The largest absolute Gasteiger partial charge is 0.489 e. The monoisotopic (exact) mass is 455 g/mol. The first-order valence-electron chi connectivity index (χ1n) is 12.5. The number of aryl methyl sites for hydroxylation is 2. The first-order valence-corrected chi connectivity index (χ1v) is 12.5. The van der Waals surface area contributed by atoms with E-state index in [1.54, 1.807) is 0 Å². The smallest absolute Gasteiger partial charge is 0.133 e. The number of Topliss-reactive ketones (excluding diaryl/α,β-unsaturated/α-hetero) is 1. The fourth-order valence-electron chi connectivity index (χ4n) is 5.38. The average Bonchev–Trinajstić information content (AvgIpc) is 3.50. The summed E-state index contributed by atoms with van der Waals surface area (Å²) in [6.45, 7) is 2.60. The standard InChI is InChI=1S/C30H33NO3/c1-20-16-28(31)26-8-5-9-27(26)30(20)34-25-14-15-29(33-19-22-6-3-2-4-7-22)23(18-25)12-10-21-11-13-24(32)17-21/h2-4,6-7,14-16,18,21H,5,8-13,17,19,31H2,1H3. The lowest BCUT2D eigenvalue weighted by Crippen LogP contribution is -2.03. The molecule has 3 aromatic rings. The number of hydrogen-bond donors (Lipinski definition) is 1. The van der Waals surface area contributed by atoms with E-state index in [-0.39, 0.29) is 0 Å². The molecule has 1 atom stereocenters. The van der Waals surface area contributed by atoms with Gasteiger partial charge in [-0.15, -0.1) is 0 Å². The van der Waals surface area contributed by atoms with Crippen molar-refractivity contribution in [3.63, 3.8) is 0 Å². The second kappa shape index (κ2) is 9.92. The maximum Gasteiger partial charge on any atom is 0.133 e. The molecule has 0 radical (unpaired) electrons. The molecule has 0 amide bonds. The highest BCUT2D eigenvalue weighted by Crippen LogP contribution is 2.40. The zero-order valence-corrected chi connectivity index (χ0v) is 19.9. The van der Waals surface area contributed by atoms with Gasteiger partial charge in [0.15, 0.2) is 0 Å². The lowest BCUT2D eigenvalue weighted by Gasteiger charge is -2.18. The van der Waals surface area contributed by atoms with Crippen molar-refractivity contribution in [1.29, 1.82) is 0 Å². The van der Waals surface area contributed by atoms with Gasteiger partial charge in [-0.05, 0) is 97.9 Å². The van der Waals surface area contributed by atoms with Crippen molar-refractivity contribution >= 4 is 11.5 Å². The summed E-state index contributed by atoms with van der Waals surface area (Å²) in [5.41, 5.74) is 13.0. The summed E-state index contributed by atoms with van der Waals surface area (Å²) in [4.78, 5) is 11.7. The van der Waals surface area contributed by atoms with Crippen LogP contribution in [-0.4, -0.2) is 5.78 Å². The average molecular weight is 456 g/mol. The van der Waals surface area contributed by atoms with Crippen LogP contribution in [-0.2, 0) is 30.7 Å². The van der Waals surface area contributed by atoms with Crippen molar-refractivity contribution in [2.24, 2.45) is 5.92 Å². The molecule has 0 bridgehead atoms. The molecule has 176 valence electrons. The molecule has 0 heterocycles. The van der Waals surface area contributed by atoms with Gasteiger partial charge in [-0.1, -0.05) is 30.3 Å². The van der Waals surface area contributed by atoms with Crippen molar-refractivity contribution in [3.8, 4) is 17.2 Å². The molecular formula is C30H33NO3. The van der Waals surface area contributed by atoms with Crippen LogP contribution in [0.3, 0.4) is 0 Å². The minimum atomic E-state index is 0.398. The Bertz CT molecular complexity index is 1190.